The summed E-state index contributed by atoms with van der Waals surface area (Å²) in [5, 5.41) is 0. The molecule has 0 aromatic rings. The summed E-state index contributed by atoms with van der Waals surface area (Å²) in [6.45, 7) is 13.2. The molecule has 0 saturated carbocycles. The third-order valence-corrected chi connectivity index (χ3v) is 1.80. The van der Waals surface area contributed by atoms with Gasteiger partial charge in [-0.3, -0.25) is 4.74 Å². The zero-order valence-electron chi connectivity index (χ0n) is 7.39. The predicted octanol–water partition coefficient (Wildman–Crippen LogP) is 2.88. The van der Waals surface area contributed by atoms with Crippen LogP contribution < -0.4 is 0 Å². The van der Waals surface area contributed by atoms with Crippen LogP contribution in [-0.4, -0.2) is 25.5 Å². The Balaban J connectivity index is 4.32. The minimum Gasteiger partial charge on any atom is -0.298 e. The summed E-state index contributed by atoms with van der Waals surface area (Å²) < 4.78 is 4.65. The molecule has 0 aromatic carbocycles. The first-order valence-corrected chi connectivity index (χ1v) is 6.35. The summed E-state index contributed by atoms with van der Waals surface area (Å²) >= 11 is 0. The van der Waals surface area contributed by atoms with Crippen molar-refractivity contribution < 1.29 is 0 Å². The lowest BCUT2D eigenvalue weighted by Gasteiger charge is -2.18. The van der Waals surface area contributed by atoms with Gasteiger partial charge < -0.3 is 0 Å². The van der Waals surface area contributed by atoms with Gasteiger partial charge in [0, 0.05) is 0 Å². The maximum absolute atomic E-state index is 4.65. The van der Waals surface area contributed by atoms with Crippen LogP contribution in [0.1, 0.15) is 20.8 Å². The molecule has 0 aliphatic carbocycles. The van der Waals surface area contributed by atoms with Crippen molar-refractivity contribution in [2.45, 2.75) is 26.3 Å². The lowest BCUT2D eigenvalue weighted by Crippen LogP contribution is -2.08. The molecule has 0 saturated heterocycles. The summed E-state index contributed by atoms with van der Waals surface area (Å²) in [4.78, 5) is 0. The van der Waals surface area contributed by atoms with Crippen LogP contribution in [0.2, 0.25) is 0 Å². The van der Waals surface area contributed by atoms with Crippen LogP contribution in [-0.2, 0) is 0 Å². The van der Waals surface area contributed by atoms with E-state index in [1.54, 1.807) is 0 Å². The molecule has 9 heavy (non-hydrogen) atoms. The molecule has 0 aromatic heterocycles. The molecule has 0 unspecified atom stereocenters. The molecule has 0 aliphatic rings. The molecular weight excluding hydrogens is 129 g/mol. The molecular formula is C7H18NP. The molecule has 0 atom stereocenters. The number of rotatable bonds is 0. The van der Waals surface area contributed by atoms with Gasteiger partial charge in [-0.15, -0.1) is 0 Å². The normalized spacial score (nSPS) is 13.6. The van der Waals surface area contributed by atoms with Crippen LogP contribution in [0.15, 0.2) is 4.74 Å². The molecule has 0 bridgehead atoms. The van der Waals surface area contributed by atoms with Crippen LogP contribution in [0.4, 0.5) is 0 Å². The third-order valence-electron chi connectivity index (χ3n) is 0.600. The Hall–Kier alpha value is 0.230. The van der Waals surface area contributed by atoms with Crippen LogP contribution in [0.25, 0.3) is 0 Å². The lowest BCUT2D eigenvalue weighted by atomic mass is 10.1. The molecule has 0 radical (unpaired) electrons. The fraction of sp³-hybridized carbons (Fsp3) is 1.00. The standard InChI is InChI=1S/C7H18NP/c1-7(2,3)8-9(4,5)6/h1-6H3. The first-order valence-electron chi connectivity index (χ1n) is 3.27. The summed E-state index contributed by atoms with van der Waals surface area (Å²) in [5.41, 5.74) is 0.159. The molecule has 0 spiro atoms. The van der Waals surface area contributed by atoms with Crippen molar-refractivity contribution in [1.29, 1.82) is 0 Å². The monoisotopic (exact) mass is 147 g/mol. The van der Waals surface area contributed by atoms with E-state index < -0.39 is 7.05 Å². The number of hydrogen-bond donors (Lipinski definition) is 0. The highest BCUT2D eigenvalue weighted by Gasteiger charge is 2.08. The van der Waals surface area contributed by atoms with E-state index in [0.29, 0.717) is 0 Å². The highest BCUT2D eigenvalue weighted by atomic mass is 31.2. The van der Waals surface area contributed by atoms with Gasteiger partial charge >= 0.3 is 0 Å². The van der Waals surface area contributed by atoms with Crippen molar-refractivity contribution in [1.82, 2.24) is 0 Å². The minimum absolute atomic E-state index is 0.159. The Labute approximate surface area is 58.9 Å². The first kappa shape index (κ1) is 9.23. The SMILES string of the molecule is CC(C)(C)N=P(C)(C)C. The van der Waals surface area contributed by atoms with Crippen molar-refractivity contribution in [3.05, 3.63) is 0 Å². The average Bonchev–Trinajstić information content (AvgIpc) is 1.14. The fourth-order valence-corrected chi connectivity index (χ4v) is 2.70. The maximum Gasteiger partial charge on any atom is 0.0508 e. The van der Waals surface area contributed by atoms with E-state index in [1.165, 1.54) is 0 Å². The van der Waals surface area contributed by atoms with E-state index >= 15 is 0 Å². The summed E-state index contributed by atoms with van der Waals surface area (Å²) in [5.74, 6) is 0. The Bertz CT molecular complexity index is 127. The number of hydrogen-bond acceptors (Lipinski definition) is 1. The van der Waals surface area contributed by atoms with Gasteiger partial charge in [0.25, 0.3) is 0 Å². The van der Waals surface area contributed by atoms with Gasteiger partial charge in [0.2, 0.25) is 0 Å². The molecule has 0 amide bonds. The molecule has 1 nitrogen and oxygen atoms in total. The average molecular weight is 147 g/mol. The molecule has 0 N–H and O–H groups in total. The highest BCUT2D eigenvalue weighted by molar-refractivity contribution is 7.64. The van der Waals surface area contributed by atoms with Gasteiger partial charge in [-0.2, -0.15) is 0 Å². The van der Waals surface area contributed by atoms with Crippen molar-refractivity contribution in [3.8, 4) is 0 Å². The summed E-state index contributed by atoms with van der Waals surface area (Å²) in [6.07, 6.45) is 0. The second kappa shape index (κ2) is 2.46. The molecule has 56 valence electrons. The lowest BCUT2D eigenvalue weighted by molar-refractivity contribution is 0.590. The van der Waals surface area contributed by atoms with E-state index in [2.05, 4.69) is 45.5 Å². The Kier molecular flexibility index (Phi) is 2.52. The Morgan fingerprint density at radius 2 is 1.33 bits per heavy atom. The van der Waals surface area contributed by atoms with E-state index in [1.807, 2.05) is 0 Å². The van der Waals surface area contributed by atoms with Gasteiger partial charge in [-0.05, 0) is 47.8 Å². The number of nitrogens with zero attached hydrogens (tertiary/aromatic N) is 1. The quantitative estimate of drug-likeness (QED) is 0.467. The molecule has 0 rings (SSSR count). The van der Waals surface area contributed by atoms with E-state index in [0.717, 1.165) is 0 Å². The van der Waals surface area contributed by atoms with Crippen LogP contribution in [0.5, 0.6) is 0 Å². The van der Waals surface area contributed by atoms with Gasteiger partial charge in [0.15, 0.2) is 0 Å². The van der Waals surface area contributed by atoms with Gasteiger partial charge in [0.1, 0.15) is 0 Å². The first-order chi connectivity index (χ1) is 3.71. The van der Waals surface area contributed by atoms with E-state index in [4.69, 9.17) is 0 Å². The molecule has 0 heterocycles. The van der Waals surface area contributed by atoms with Crippen molar-refractivity contribution >= 4 is 7.05 Å². The highest BCUT2D eigenvalue weighted by Crippen LogP contribution is 2.38. The van der Waals surface area contributed by atoms with Gasteiger partial charge in [-0.1, -0.05) is 0 Å². The molecule has 0 aliphatic heterocycles. The smallest absolute Gasteiger partial charge is 0.0508 e. The summed E-state index contributed by atoms with van der Waals surface area (Å²) in [7, 11) is -0.912. The second-order valence-electron chi connectivity index (χ2n) is 4.21. The topological polar surface area (TPSA) is 12.4 Å². The minimum atomic E-state index is -0.912. The predicted molar refractivity (Wildman–Crippen MR) is 46.9 cm³/mol. The third kappa shape index (κ3) is 8.23. The van der Waals surface area contributed by atoms with Crippen molar-refractivity contribution in [2.75, 3.05) is 20.0 Å². The fourth-order valence-electron chi connectivity index (χ4n) is 0.900. The summed E-state index contributed by atoms with van der Waals surface area (Å²) in [6, 6.07) is 0. The maximum atomic E-state index is 4.65. The van der Waals surface area contributed by atoms with E-state index in [-0.39, 0.29) is 5.54 Å². The van der Waals surface area contributed by atoms with Crippen LogP contribution >= 0.6 is 7.05 Å². The Morgan fingerprint density at radius 1 is 1.00 bits per heavy atom. The van der Waals surface area contributed by atoms with Gasteiger partial charge in [-0.25, -0.2) is 0 Å². The zero-order valence-corrected chi connectivity index (χ0v) is 8.29. The molecule has 2 heteroatoms. The zero-order chi connectivity index (χ0) is 7.71. The van der Waals surface area contributed by atoms with Crippen molar-refractivity contribution in [2.24, 2.45) is 4.74 Å². The largest absolute Gasteiger partial charge is 0.298 e. The van der Waals surface area contributed by atoms with Crippen LogP contribution in [0, 0.1) is 0 Å². The van der Waals surface area contributed by atoms with Gasteiger partial charge in [0.05, 0.1) is 5.54 Å². The van der Waals surface area contributed by atoms with Crippen LogP contribution in [0.3, 0.4) is 0 Å². The molecule has 0 fully saturated rings. The second-order valence-corrected chi connectivity index (χ2v) is 8.30. The van der Waals surface area contributed by atoms with Crippen molar-refractivity contribution in [3.63, 3.8) is 0 Å². The van der Waals surface area contributed by atoms with E-state index in [9.17, 15) is 0 Å². The Morgan fingerprint density at radius 3 is 1.33 bits per heavy atom.